The zero-order valence-corrected chi connectivity index (χ0v) is 7.78. The quantitative estimate of drug-likeness (QED) is 0.600. The Morgan fingerprint density at radius 3 is 2.18 bits per heavy atom. The Kier molecular flexibility index (Phi) is 2.47. The van der Waals surface area contributed by atoms with Crippen LogP contribution in [0, 0.1) is 5.92 Å². The van der Waals surface area contributed by atoms with E-state index in [9.17, 15) is 0 Å². The van der Waals surface area contributed by atoms with Crippen molar-refractivity contribution in [2.24, 2.45) is 16.3 Å². The fourth-order valence-electron chi connectivity index (χ4n) is 1.06. The van der Waals surface area contributed by atoms with Crippen molar-refractivity contribution in [3.63, 3.8) is 0 Å². The van der Waals surface area contributed by atoms with Crippen LogP contribution in [-0.2, 0) is 0 Å². The standard InChI is InChI=1S/C8H17N3/c1-6(2)8-5-11(7(3)4)10-9-8/h6-8H,5H2,1-4H3. The zero-order valence-electron chi connectivity index (χ0n) is 7.78. The van der Waals surface area contributed by atoms with Crippen molar-refractivity contribution >= 4 is 0 Å². The van der Waals surface area contributed by atoms with Gasteiger partial charge in [0.05, 0.1) is 12.6 Å². The summed E-state index contributed by atoms with van der Waals surface area (Å²) in [4.78, 5) is 0. The molecule has 0 amide bonds. The third-order valence-corrected chi connectivity index (χ3v) is 2.05. The first kappa shape index (κ1) is 8.50. The van der Waals surface area contributed by atoms with Gasteiger partial charge in [-0.15, -0.1) is 0 Å². The molecule has 1 atom stereocenters. The van der Waals surface area contributed by atoms with Gasteiger partial charge in [-0.3, -0.25) is 5.01 Å². The molecule has 0 spiro atoms. The molecular weight excluding hydrogens is 138 g/mol. The molecule has 0 saturated carbocycles. The average Bonchev–Trinajstić information content (AvgIpc) is 2.33. The van der Waals surface area contributed by atoms with E-state index in [4.69, 9.17) is 0 Å². The van der Waals surface area contributed by atoms with E-state index in [1.807, 2.05) is 5.01 Å². The van der Waals surface area contributed by atoms with Crippen LogP contribution in [0.3, 0.4) is 0 Å². The van der Waals surface area contributed by atoms with Gasteiger partial charge in [-0.05, 0) is 19.8 Å². The van der Waals surface area contributed by atoms with Crippen LogP contribution in [0.1, 0.15) is 27.7 Å². The van der Waals surface area contributed by atoms with Gasteiger partial charge in [0.15, 0.2) is 0 Å². The molecule has 1 rings (SSSR count). The molecule has 1 aliphatic rings. The molecule has 3 heteroatoms. The summed E-state index contributed by atoms with van der Waals surface area (Å²) in [5.74, 6) is 0.613. The lowest BCUT2D eigenvalue weighted by Gasteiger charge is -2.18. The molecule has 1 heterocycles. The van der Waals surface area contributed by atoms with Crippen LogP contribution in [0.2, 0.25) is 0 Å². The van der Waals surface area contributed by atoms with Gasteiger partial charge in [0.25, 0.3) is 0 Å². The SMILES string of the molecule is CC(C)C1CN(C(C)C)N=N1. The smallest absolute Gasteiger partial charge is 0.0944 e. The number of nitrogens with zero attached hydrogens (tertiary/aromatic N) is 3. The molecule has 0 aromatic rings. The van der Waals surface area contributed by atoms with E-state index in [2.05, 4.69) is 38.0 Å². The Morgan fingerprint density at radius 1 is 1.27 bits per heavy atom. The summed E-state index contributed by atoms with van der Waals surface area (Å²) in [6.45, 7) is 9.65. The maximum absolute atomic E-state index is 4.19. The number of hydrogen-bond acceptors (Lipinski definition) is 3. The summed E-state index contributed by atoms with van der Waals surface area (Å²) in [5, 5.41) is 10.3. The van der Waals surface area contributed by atoms with Gasteiger partial charge in [-0.2, -0.15) is 5.11 Å². The second-order valence-electron chi connectivity index (χ2n) is 3.73. The lowest BCUT2D eigenvalue weighted by atomic mass is 10.1. The van der Waals surface area contributed by atoms with Crippen LogP contribution < -0.4 is 0 Å². The maximum atomic E-state index is 4.19. The number of rotatable bonds is 2. The van der Waals surface area contributed by atoms with Gasteiger partial charge in [-0.1, -0.05) is 19.1 Å². The molecule has 1 unspecified atom stereocenters. The van der Waals surface area contributed by atoms with Crippen LogP contribution >= 0.6 is 0 Å². The summed E-state index contributed by atoms with van der Waals surface area (Å²) in [5.41, 5.74) is 0. The minimum Gasteiger partial charge on any atom is -0.274 e. The highest BCUT2D eigenvalue weighted by molar-refractivity contribution is 4.77. The lowest BCUT2D eigenvalue weighted by molar-refractivity contribution is 0.242. The van der Waals surface area contributed by atoms with Gasteiger partial charge < -0.3 is 0 Å². The van der Waals surface area contributed by atoms with Crippen LogP contribution in [-0.4, -0.2) is 23.6 Å². The normalized spacial score (nSPS) is 24.2. The molecular formula is C8H17N3. The van der Waals surface area contributed by atoms with Crippen molar-refractivity contribution in [3.8, 4) is 0 Å². The highest BCUT2D eigenvalue weighted by Crippen LogP contribution is 2.17. The summed E-state index contributed by atoms with van der Waals surface area (Å²) in [6, 6.07) is 0.903. The minimum atomic E-state index is 0.414. The third kappa shape index (κ3) is 1.91. The second kappa shape index (κ2) is 3.20. The fourth-order valence-corrected chi connectivity index (χ4v) is 1.06. The van der Waals surface area contributed by atoms with Crippen LogP contribution in [0.5, 0.6) is 0 Å². The van der Waals surface area contributed by atoms with E-state index in [1.165, 1.54) is 0 Å². The lowest BCUT2D eigenvalue weighted by Crippen LogP contribution is -2.29. The van der Waals surface area contributed by atoms with Crippen LogP contribution in [0.25, 0.3) is 0 Å². The highest BCUT2D eigenvalue weighted by atomic mass is 15.6. The molecule has 1 aliphatic heterocycles. The minimum absolute atomic E-state index is 0.414. The van der Waals surface area contributed by atoms with Crippen molar-refractivity contribution in [2.45, 2.75) is 39.8 Å². The Hall–Kier alpha value is -0.600. The van der Waals surface area contributed by atoms with E-state index < -0.39 is 0 Å². The van der Waals surface area contributed by atoms with Crippen molar-refractivity contribution in [3.05, 3.63) is 0 Å². The maximum Gasteiger partial charge on any atom is 0.0944 e. The van der Waals surface area contributed by atoms with E-state index in [0.717, 1.165) is 6.54 Å². The molecule has 11 heavy (non-hydrogen) atoms. The average molecular weight is 155 g/mol. The molecule has 0 saturated heterocycles. The van der Waals surface area contributed by atoms with E-state index in [1.54, 1.807) is 0 Å². The Bertz CT molecular complexity index is 135. The molecule has 0 aliphatic carbocycles. The molecule has 0 aromatic heterocycles. The molecule has 0 bridgehead atoms. The van der Waals surface area contributed by atoms with Crippen LogP contribution in [0.4, 0.5) is 0 Å². The molecule has 64 valence electrons. The molecule has 0 aromatic carbocycles. The Morgan fingerprint density at radius 2 is 1.91 bits per heavy atom. The van der Waals surface area contributed by atoms with Gasteiger partial charge >= 0.3 is 0 Å². The topological polar surface area (TPSA) is 28.0 Å². The van der Waals surface area contributed by atoms with Crippen LogP contribution in [0.15, 0.2) is 10.3 Å². The predicted molar refractivity (Wildman–Crippen MR) is 45.3 cm³/mol. The second-order valence-corrected chi connectivity index (χ2v) is 3.73. The predicted octanol–water partition coefficient (Wildman–Crippen LogP) is 2.10. The summed E-state index contributed by atoms with van der Waals surface area (Å²) in [6.07, 6.45) is 0. The van der Waals surface area contributed by atoms with Gasteiger partial charge in [-0.25, -0.2) is 0 Å². The van der Waals surface area contributed by atoms with Crippen molar-refractivity contribution in [1.29, 1.82) is 0 Å². The van der Waals surface area contributed by atoms with E-state index in [0.29, 0.717) is 18.0 Å². The van der Waals surface area contributed by atoms with Crippen molar-refractivity contribution in [2.75, 3.05) is 6.54 Å². The molecule has 0 N–H and O–H groups in total. The highest BCUT2D eigenvalue weighted by Gasteiger charge is 2.23. The van der Waals surface area contributed by atoms with Crippen molar-refractivity contribution < 1.29 is 0 Å². The van der Waals surface area contributed by atoms with Gasteiger partial charge in [0, 0.05) is 6.04 Å². The summed E-state index contributed by atoms with van der Waals surface area (Å²) >= 11 is 0. The first-order valence-electron chi connectivity index (χ1n) is 4.28. The number of hydrogen-bond donors (Lipinski definition) is 0. The van der Waals surface area contributed by atoms with Gasteiger partial charge in [0.1, 0.15) is 0 Å². The Labute approximate surface area is 68.5 Å². The summed E-state index contributed by atoms with van der Waals surface area (Å²) in [7, 11) is 0. The van der Waals surface area contributed by atoms with Gasteiger partial charge in [0.2, 0.25) is 0 Å². The monoisotopic (exact) mass is 155 g/mol. The fraction of sp³-hybridized carbons (Fsp3) is 1.00. The third-order valence-electron chi connectivity index (χ3n) is 2.05. The van der Waals surface area contributed by atoms with E-state index in [-0.39, 0.29) is 0 Å². The molecule has 0 fully saturated rings. The van der Waals surface area contributed by atoms with Crippen molar-refractivity contribution in [1.82, 2.24) is 5.01 Å². The molecule has 0 radical (unpaired) electrons. The Balaban J connectivity index is 2.43. The largest absolute Gasteiger partial charge is 0.274 e. The van der Waals surface area contributed by atoms with E-state index >= 15 is 0 Å². The summed E-state index contributed by atoms with van der Waals surface area (Å²) < 4.78 is 0. The first-order valence-corrected chi connectivity index (χ1v) is 4.28. The molecule has 3 nitrogen and oxygen atoms in total. The first-order chi connectivity index (χ1) is 5.11. The zero-order chi connectivity index (χ0) is 8.43.